The lowest BCUT2D eigenvalue weighted by Crippen LogP contribution is -2.50. The van der Waals surface area contributed by atoms with Gasteiger partial charge in [-0.3, -0.25) is 19.2 Å². The number of aromatic nitrogens is 2. The lowest BCUT2D eigenvalue weighted by molar-refractivity contribution is 0.0634. The Labute approximate surface area is 181 Å². The molecule has 3 rings (SSSR count). The summed E-state index contributed by atoms with van der Waals surface area (Å²) in [5.74, 6) is 1.19. The predicted octanol–water partition coefficient (Wildman–Crippen LogP) is 0.634. The van der Waals surface area contributed by atoms with Crippen LogP contribution in [0.5, 0.6) is 17.4 Å². The van der Waals surface area contributed by atoms with Crippen molar-refractivity contribution in [2.24, 2.45) is 7.05 Å². The van der Waals surface area contributed by atoms with E-state index in [9.17, 15) is 9.59 Å². The van der Waals surface area contributed by atoms with Gasteiger partial charge in [0.25, 0.3) is 11.8 Å². The maximum atomic E-state index is 12.8. The normalized spacial score (nSPS) is 14.3. The molecule has 1 aromatic heterocycles. The SMILES string of the molecule is COc1ccc(C(=O)NCCN2CCN(C(=O)c3cn(C)nc3OC)CC2)cc1OC. The number of hydrogen-bond acceptors (Lipinski definition) is 7. The molecule has 0 atom stereocenters. The Hall–Kier alpha value is -3.27. The van der Waals surface area contributed by atoms with Crippen LogP contribution in [0.3, 0.4) is 0 Å². The van der Waals surface area contributed by atoms with Crippen molar-refractivity contribution in [2.45, 2.75) is 0 Å². The summed E-state index contributed by atoms with van der Waals surface area (Å²) < 4.78 is 17.2. The Kier molecular flexibility index (Phi) is 7.35. The first-order chi connectivity index (χ1) is 15.0. The molecule has 1 N–H and O–H groups in total. The van der Waals surface area contributed by atoms with Crippen molar-refractivity contribution >= 4 is 11.8 Å². The molecule has 2 aromatic rings. The number of methoxy groups -OCH3 is 3. The number of rotatable bonds is 8. The van der Waals surface area contributed by atoms with Crippen LogP contribution in [-0.4, -0.2) is 92.0 Å². The number of aryl methyl sites for hydroxylation is 1. The van der Waals surface area contributed by atoms with Crippen LogP contribution in [0.4, 0.5) is 0 Å². The Balaban J connectivity index is 1.45. The second-order valence-corrected chi connectivity index (χ2v) is 7.19. The van der Waals surface area contributed by atoms with Gasteiger partial charge in [-0.2, -0.15) is 0 Å². The van der Waals surface area contributed by atoms with E-state index in [4.69, 9.17) is 14.2 Å². The van der Waals surface area contributed by atoms with Crippen LogP contribution in [0.25, 0.3) is 0 Å². The number of nitrogens with zero attached hydrogens (tertiary/aromatic N) is 4. The van der Waals surface area contributed by atoms with E-state index in [0.29, 0.717) is 54.7 Å². The fraction of sp³-hybridized carbons (Fsp3) is 0.476. The highest BCUT2D eigenvalue weighted by Crippen LogP contribution is 2.27. The van der Waals surface area contributed by atoms with Crippen molar-refractivity contribution in [3.8, 4) is 17.4 Å². The van der Waals surface area contributed by atoms with Crippen LogP contribution < -0.4 is 19.5 Å². The van der Waals surface area contributed by atoms with Gasteiger partial charge >= 0.3 is 0 Å². The number of carbonyl (C=O) groups is 2. The molecule has 1 aromatic carbocycles. The highest BCUT2D eigenvalue weighted by Gasteiger charge is 2.26. The molecule has 2 amide bonds. The maximum Gasteiger partial charge on any atom is 0.261 e. The molecule has 0 unspecified atom stereocenters. The van der Waals surface area contributed by atoms with Crippen LogP contribution in [-0.2, 0) is 7.05 Å². The predicted molar refractivity (Wildman–Crippen MR) is 114 cm³/mol. The summed E-state index contributed by atoms with van der Waals surface area (Å²) >= 11 is 0. The number of benzene rings is 1. The molecule has 10 nitrogen and oxygen atoms in total. The molecule has 0 spiro atoms. The van der Waals surface area contributed by atoms with Crippen LogP contribution in [0.2, 0.25) is 0 Å². The average Bonchev–Trinajstić information content (AvgIpc) is 3.19. The van der Waals surface area contributed by atoms with Crippen LogP contribution in [0, 0.1) is 0 Å². The summed E-state index contributed by atoms with van der Waals surface area (Å²) in [6, 6.07) is 5.07. The summed E-state index contributed by atoms with van der Waals surface area (Å²) in [4.78, 5) is 29.2. The van der Waals surface area contributed by atoms with Crippen molar-refractivity contribution < 1.29 is 23.8 Å². The van der Waals surface area contributed by atoms with E-state index in [1.165, 1.54) is 14.2 Å². The maximum absolute atomic E-state index is 12.8. The molecule has 168 valence electrons. The van der Waals surface area contributed by atoms with E-state index in [0.717, 1.165) is 13.1 Å². The van der Waals surface area contributed by atoms with Gasteiger partial charge in [-0.1, -0.05) is 0 Å². The zero-order chi connectivity index (χ0) is 22.4. The van der Waals surface area contributed by atoms with Gasteiger partial charge in [-0.25, -0.2) is 0 Å². The third kappa shape index (κ3) is 5.26. The van der Waals surface area contributed by atoms with Crippen LogP contribution >= 0.6 is 0 Å². The number of hydrogen-bond donors (Lipinski definition) is 1. The highest BCUT2D eigenvalue weighted by atomic mass is 16.5. The molecule has 1 saturated heterocycles. The lowest BCUT2D eigenvalue weighted by atomic mass is 10.2. The second kappa shape index (κ2) is 10.2. The number of ether oxygens (including phenoxy) is 3. The third-order valence-electron chi connectivity index (χ3n) is 5.24. The standard InChI is InChI=1S/C21H29N5O5/c1-24-14-16(20(23-24)31-4)21(28)26-11-9-25(10-12-26)8-7-22-19(27)15-5-6-17(29-2)18(13-15)30-3/h5-6,13-14H,7-12H2,1-4H3,(H,22,27). The molecule has 0 bridgehead atoms. The smallest absolute Gasteiger partial charge is 0.261 e. The molecular formula is C21H29N5O5. The Bertz CT molecular complexity index is 921. The molecule has 0 radical (unpaired) electrons. The quantitative estimate of drug-likeness (QED) is 0.655. The summed E-state index contributed by atoms with van der Waals surface area (Å²) in [6.07, 6.45) is 1.68. The molecule has 0 saturated carbocycles. The third-order valence-corrected chi connectivity index (χ3v) is 5.24. The van der Waals surface area contributed by atoms with Gasteiger partial charge in [0.2, 0.25) is 5.88 Å². The fourth-order valence-corrected chi connectivity index (χ4v) is 3.52. The Morgan fingerprint density at radius 3 is 2.39 bits per heavy atom. The first kappa shape index (κ1) is 22.4. The van der Waals surface area contributed by atoms with Gasteiger partial charge in [0, 0.05) is 58.1 Å². The first-order valence-electron chi connectivity index (χ1n) is 10.1. The zero-order valence-electron chi connectivity index (χ0n) is 18.4. The average molecular weight is 431 g/mol. The van der Waals surface area contributed by atoms with E-state index < -0.39 is 0 Å². The van der Waals surface area contributed by atoms with Gasteiger partial charge < -0.3 is 24.4 Å². The van der Waals surface area contributed by atoms with E-state index in [1.807, 2.05) is 0 Å². The van der Waals surface area contributed by atoms with E-state index in [1.54, 1.807) is 48.1 Å². The molecule has 1 aliphatic rings. The number of nitrogens with one attached hydrogen (secondary N) is 1. The molecular weight excluding hydrogens is 402 g/mol. The summed E-state index contributed by atoms with van der Waals surface area (Å²) in [6.45, 7) is 3.91. The monoisotopic (exact) mass is 431 g/mol. The van der Waals surface area contributed by atoms with Crippen molar-refractivity contribution in [2.75, 3.05) is 60.6 Å². The largest absolute Gasteiger partial charge is 0.493 e. The van der Waals surface area contributed by atoms with E-state index >= 15 is 0 Å². The van der Waals surface area contributed by atoms with Gasteiger partial charge in [-0.15, -0.1) is 5.10 Å². The Morgan fingerprint density at radius 1 is 1.03 bits per heavy atom. The molecule has 2 heterocycles. The van der Waals surface area contributed by atoms with E-state index in [2.05, 4.69) is 15.3 Å². The van der Waals surface area contributed by atoms with Crippen molar-refractivity contribution in [3.63, 3.8) is 0 Å². The Morgan fingerprint density at radius 2 is 1.74 bits per heavy atom. The van der Waals surface area contributed by atoms with Crippen molar-refractivity contribution in [1.82, 2.24) is 24.9 Å². The topological polar surface area (TPSA) is 98.2 Å². The van der Waals surface area contributed by atoms with Gasteiger partial charge in [0.05, 0.1) is 21.3 Å². The first-order valence-corrected chi connectivity index (χ1v) is 10.1. The van der Waals surface area contributed by atoms with Crippen LogP contribution in [0.15, 0.2) is 24.4 Å². The number of amides is 2. The fourth-order valence-electron chi connectivity index (χ4n) is 3.52. The molecule has 31 heavy (non-hydrogen) atoms. The number of carbonyl (C=O) groups excluding carboxylic acids is 2. The minimum atomic E-state index is -0.168. The van der Waals surface area contributed by atoms with Gasteiger partial charge in [0.15, 0.2) is 11.5 Å². The van der Waals surface area contributed by atoms with Gasteiger partial charge in [-0.05, 0) is 18.2 Å². The van der Waals surface area contributed by atoms with Crippen molar-refractivity contribution in [1.29, 1.82) is 0 Å². The summed E-state index contributed by atoms with van der Waals surface area (Å²) in [5.41, 5.74) is 0.985. The number of piperazine rings is 1. The lowest BCUT2D eigenvalue weighted by Gasteiger charge is -2.34. The molecule has 1 fully saturated rings. The summed E-state index contributed by atoms with van der Waals surface area (Å²) in [7, 11) is 6.35. The zero-order valence-corrected chi connectivity index (χ0v) is 18.4. The molecule has 10 heteroatoms. The van der Waals surface area contributed by atoms with Gasteiger partial charge in [0.1, 0.15) is 5.56 Å². The summed E-state index contributed by atoms with van der Waals surface area (Å²) in [5, 5.41) is 7.07. The minimum absolute atomic E-state index is 0.0774. The highest BCUT2D eigenvalue weighted by molar-refractivity contribution is 5.96. The molecule has 0 aliphatic carbocycles. The van der Waals surface area contributed by atoms with Crippen molar-refractivity contribution in [3.05, 3.63) is 35.5 Å². The second-order valence-electron chi connectivity index (χ2n) is 7.19. The van der Waals surface area contributed by atoms with E-state index in [-0.39, 0.29) is 11.8 Å². The molecule has 1 aliphatic heterocycles. The minimum Gasteiger partial charge on any atom is -0.493 e. The van der Waals surface area contributed by atoms with Crippen LogP contribution in [0.1, 0.15) is 20.7 Å².